The van der Waals surface area contributed by atoms with E-state index >= 15 is 0 Å². The van der Waals surface area contributed by atoms with Gasteiger partial charge >= 0.3 is 6.18 Å². The van der Waals surface area contributed by atoms with Gasteiger partial charge in [0.2, 0.25) is 5.91 Å². The van der Waals surface area contributed by atoms with Crippen LogP contribution in [0.5, 0.6) is 0 Å². The van der Waals surface area contributed by atoms with Crippen molar-refractivity contribution in [2.45, 2.75) is 61.1 Å². The summed E-state index contributed by atoms with van der Waals surface area (Å²) in [5.74, 6) is 0.783. The Kier molecular flexibility index (Phi) is 4.09. The number of aromatic nitrogens is 3. The number of nitrogens with zero attached hydrogens (tertiary/aromatic N) is 3. The maximum atomic E-state index is 12.1. The Morgan fingerprint density at radius 2 is 2.05 bits per heavy atom. The molecule has 1 aromatic heterocycles. The Labute approximate surface area is 130 Å². The summed E-state index contributed by atoms with van der Waals surface area (Å²) in [6.07, 6.45) is -0.0402. The molecule has 2 saturated carbocycles. The molecule has 0 bridgehead atoms. The van der Waals surface area contributed by atoms with Gasteiger partial charge in [0.05, 0.1) is 5.25 Å². The lowest BCUT2D eigenvalue weighted by atomic mass is 10.4. The number of halogens is 3. The highest BCUT2D eigenvalue weighted by Crippen LogP contribution is 2.46. The van der Waals surface area contributed by atoms with Crippen molar-refractivity contribution in [2.24, 2.45) is 0 Å². The van der Waals surface area contributed by atoms with E-state index in [1.807, 2.05) is 5.32 Å². The van der Waals surface area contributed by atoms with E-state index in [-0.39, 0.29) is 0 Å². The second-order valence-corrected chi connectivity index (χ2v) is 7.12. The van der Waals surface area contributed by atoms with Crippen LogP contribution >= 0.6 is 11.8 Å². The summed E-state index contributed by atoms with van der Waals surface area (Å²) in [6.45, 7) is 0.276. The van der Waals surface area contributed by atoms with Gasteiger partial charge in [-0.15, -0.1) is 10.2 Å². The van der Waals surface area contributed by atoms with Gasteiger partial charge in [0, 0.05) is 12.0 Å². The zero-order chi connectivity index (χ0) is 15.9. The molecule has 9 heteroatoms. The minimum Gasteiger partial charge on any atom is -0.346 e. The van der Waals surface area contributed by atoms with Crippen LogP contribution in [-0.4, -0.2) is 38.6 Å². The number of hydrogen-bond donors (Lipinski definition) is 1. The standard InChI is InChI=1S/C13H17F3N4OS/c1-7(11(21)17-6-13(14,15)16)22-12-19-18-10(8-2-3-8)20(12)9-4-5-9/h7-9H,2-6H2,1H3,(H,17,21)/t7-/m1/s1. The van der Waals surface area contributed by atoms with E-state index in [9.17, 15) is 18.0 Å². The van der Waals surface area contributed by atoms with Gasteiger partial charge in [-0.1, -0.05) is 11.8 Å². The Morgan fingerprint density at radius 1 is 1.36 bits per heavy atom. The van der Waals surface area contributed by atoms with Crippen LogP contribution in [0.15, 0.2) is 5.16 Å². The first-order chi connectivity index (χ1) is 10.3. The van der Waals surface area contributed by atoms with Crippen LogP contribution in [-0.2, 0) is 4.79 Å². The largest absolute Gasteiger partial charge is 0.405 e. The molecule has 5 nitrogen and oxygen atoms in total. The first kappa shape index (κ1) is 15.6. The maximum absolute atomic E-state index is 12.1. The lowest BCUT2D eigenvalue weighted by Gasteiger charge is -2.14. The summed E-state index contributed by atoms with van der Waals surface area (Å²) >= 11 is 1.17. The second-order valence-electron chi connectivity index (χ2n) is 5.81. The third-order valence-corrected chi connectivity index (χ3v) is 4.72. The summed E-state index contributed by atoms with van der Waals surface area (Å²) < 4.78 is 38.5. The van der Waals surface area contributed by atoms with Crippen LogP contribution in [0.4, 0.5) is 13.2 Å². The highest BCUT2D eigenvalue weighted by molar-refractivity contribution is 8.00. The van der Waals surface area contributed by atoms with E-state index in [2.05, 4.69) is 14.8 Å². The van der Waals surface area contributed by atoms with Crippen LogP contribution in [0.3, 0.4) is 0 Å². The van der Waals surface area contributed by atoms with Gasteiger partial charge in [0.15, 0.2) is 5.16 Å². The lowest BCUT2D eigenvalue weighted by molar-refractivity contribution is -0.137. The fraction of sp³-hybridized carbons (Fsp3) is 0.769. The third-order valence-electron chi connectivity index (χ3n) is 3.66. The van der Waals surface area contributed by atoms with E-state index < -0.39 is 23.9 Å². The molecule has 0 spiro atoms. The predicted molar refractivity (Wildman–Crippen MR) is 74.7 cm³/mol. The number of nitrogens with one attached hydrogen (secondary N) is 1. The Balaban J connectivity index is 1.64. The molecular formula is C13H17F3N4OS. The molecule has 1 atom stereocenters. The van der Waals surface area contributed by atoms with Crippen molar-refractivity contribution in [3.05, 3.63) is 5.82 Å². The molecule has 0 unspecified atom stereocenters. The fourth-order valence-electron chi connectivity index (χ4n) is 2.21. The van der Waals surface area contributed by atoms with Crippen molar-refractivity contribution >= 4 is 17.7 Å². The summed E-state index contributed by atoms with van der Waals surface area (Å²) in [5, 5.41) is 10.3. The first-order valence-corrected chi connectivity index (χ1v) is 8.19. The molecular weight excluding hydrogens is 317 g/mol. The Hall–Kier alpha value is -1.25. The molecule has 1 amide bonds. The average Bonchev–Trinajstić information content (AvgIpc) is 3.34. The average molecular weight is 334 g/mol. The van der Waals surface area contributed by atoms with Gasteiger partial charge in [-0.2, -0.15) is 13.2 Å². The van der Waals surface area contributed by atoms with Crippen molar-refractivity contribution in [1.82, 2.24) is 20.1 Å². The van der Waals surface area contributed by atoms with Crippen LogP contribution in [0.2, 0.25) is 0 Å². The molecule has 0 radical (unpaired) electrons. The van der Waals surface area contributed by atoms with Crippen molar-refractivity contribution in [1.29, 1.82) is 0 Å². The molecule has 122 valence electrons. The monoisotopic (exact) mass is 334 g/mol. The molecule has 0 saturated heterocycles. The first-order valence-electron chi connectivity index (χ1n) is 7.31. The molecule has 0 aliphatic heterocycles. The molecule has 2 aliphatic carbocycles. The van der Waals surface area contributed by atoms with Gasteiger partial charge in [-0.05, 0) is 32.6 Å². The topological polar surface area (TPSA) is 59.8 Å². The maximum Gasteiger partial charge on any atom is 0.405 e. The highest BCUT2D eigenvalue weighted by Gasteiger charge is 2.37. The number of carbonyl (C=O) groups excluding carboxylic acids is 1. The van der Waals surface area contributed by atoms with Gasteiger partial charge in [0.25, 0.3) is 0 Å². The van der Waals surface area contributed by atoms with E-state index in [4.69, 9.17) is 0 Å². The van der Waals surface area contributed by atoms with Crippen molar-refractivity contribution in [2.75, 3.05) is 6.54 Å². The number of hydrogen-bond acceptors (Lipinski definition) is 4. The Bertz CT molecular complexity index is 566. The predicted octanol–water partition coefficient (Wildman–Crippen LogP) is 2.65. The van der Waals surface area contributed by atoms with Crippen molar-refractivity contribution in [3.8, 4) is 0 Å². The molecule has 2 aliphatic rings. The quantitative estimate of drug-likeness (QED) is 0.813. The number of alkyl halides is 3. The lowest BCUT2D eigenvalue weighted by Crippen LogP contribution is -2.38. The van der Waals surface area contributed by atoms with Gasteiger partial charge in [-0.3, -0.25) is 4.79 Å². The smallest absolute Gasteiger partial charge is 0.346 e. The number of amides is 1. The van der Waals surface area contributed by atoms with Crippen molar-refractivity contribution in [3.63, 3.8) is 0 Å². The molecule has 2 fully saturated rings. The zero-order valence-corrected chi connectivity index (χ0v) is 12.9. The van der Waals surface area contributed by atoms with Crippen LogP contribution in [0.25, 0.3) is 0 Å². The summed E-state index contributed by atoms with van der Waals surface area (Å²) in [7, 11) is 0. The molecule has 1 aromatic rings. The summed E-state index contributed by atoms with van der Waals surface area (Å²) in [5.41, 5.74) is 0. The highest BCUT2D eigenvalue weighted by atomic mass is 32.2. The normalized spacial score (nSPS) is 20.0. The van der Waals surface area contributed by atoms with E-state index in [0.717, 1.165) is 31.5 Å². The van der Waals surface area contributed by atoms with Crippen LogP contribution in [0, 0.1) is 0 Å². The van der Waals surface area contributed by atoms with Gasteiger partial charge < -0.3 is 9.88 Å². The summed E-state index contributed by atoms with van der Waals surface area (Å²) in [6, 6.07) is 0.388. The third kappa shape index (κ3) is 3.74. The number of thioether (sulfide) groups is 1. The fourth-order valence-corrected chi connectivity index (χ4v) is 3.16. The van der Waals surface area contributed by atoms with Crippen molar-refractivity contribution < 1.29 is 18.0 Å². The molecule has 22 heavy (non-hydrogen) atoms. The van der Waals surface area contributed by atoms with Gasteiger partial charge in [0.1, 0.15) is 12.4 Å². The molecule has 1 N–H and O–H groups in total. The Morgan fingerprint density at radius 3 is 2.59 bits per heavy atom. The van der Waals surface area contributed by atoms with Crippen LogP contribution in [0.1, 0.15) is 50.4 Å². The van der Waals surface area contributed by atoms with Gasteiger partial charge in [-0.25, -0.2) is 0 Å². The summed E-state index contributed by atoms with van der Waals surface area (Å²) in [4.78, 5) is 11.8. The molecule has 0 aromatic carbocycles. The SMILES string of the molecule is C[C@@H](Sc1nnc(C2CC2)n1C1CC1)C(=O)NCC(F)(F)F. The minimum atomic E-state index is -4.40. The second kappa shape index (κ2) is 5.75. The minimum absolute atomic E-state index is 0.388. The number of carbonyl (C=O) groups is 1. The van der Waals surface area contributed by atoms with E-state index in [1.54, 1.807) is 6.92 Å². The number of rotatable bonds is 6. The van der Waals surface area contributed by atoms with Crippen LogP contribution < -0.4 is 5.32 Å². The zero-order valence-electron chi connectivity index (χ0n) is 12.1. The van der Waals surface area contributed by atoms with E-state index in [0.29, 0.717) is 17.1 Å². The molecule has 1 heterocycles. The van der Waals surface area contributed by atoms with E-state index in [1.165, 1.54) is 11.8 Å². The molecule has 3 rings (SSSR count).